The monoisotopic (exact) mass is 726 g/mol. The van der Waals surface area contributed by atoms with Gasteiger partial charge in [-0.3, -0.25) is 18.9 Å². The molecule has 0 unspecified atom stereocenters. The van der Waals surface area contributed by atoms with Crippen molar-refractivity contribution in [1.82, 2.24) is 19.7 Å². The van der Waals surface area contributed by atoms with Gasteiger partial charge in [-0.05, 0) is 31.2 Å². The van der Waals surface area contributed by atoms with Gasteiger partial charge >= 0.3 is 25.7 Å². The van der Waals surface area contributed by atoms with E-state index in [1.54, 1.807) is 58.0 Å². The number of hydrogen-bond acceptors (Lipinski definition) is 15. The number of nitrogen functional groups attached to an aromatic ring is 1. The number of nitriles is 1. The zero-order valence-electron chi connectivity index (χ0n) is 28.6. The number of ether oxygens (including phenoxy) is 5. The van der Waals surface area contributed by atoms with Crippen molar-refractivity contribution in [2.24, 2.45) is 11.8 Å². The second kappa shape index (κ2) is 13.9. The summed E-state index contributed by atoms with van der Waals surface area (Å²) in [5.74, 6) is -3.42. The van der Waals surface area contributed by atoms with E-state index in [0.29, 0.717) is 18.5 Å². The molecule has 51 heavy (non-hydrogen) atoms. The van der Waals surface area contributed by atoms with E-state index >= 15 is 0 Å². The van der Waals surface area contributed by atoms with Gasteiger partial charge in [0.25, 0.3) is 0 Å². The third-order valence-corrected chi connectivity index (χ3v) is 10.4. The highest BCUT2D eigenvalue weighted by molar-refractivity contribution is 7.52. The van der Waals surface area contributed by atoms with Crippen molar-refractivity contribution in [3.63, 3.8) is 0 Å². The van der Waals surface area contributed by atoms with Crippen LogP contribution in [0.2, 0.25) is 0 Å². The number of fused-ring (bicyclic) bond motifs is 2. The van der Waals surface area contributed by atoms with Crippen LogP contribution >= 0.6 is 7.75 Å². The minimum absolute atomic E-state index is 0.0849. The summed E-state index contributed by atoms with van der Waals surface area (Å²) in [5.41, 5.74) is 2.37. The second-order valence-corrected chi connectivity index (χ2v) is 14.8. The molecule has 0 spiro atoms. The van der Waals surface area contributed by atoms with Crippen LogP contribution < -0.4 is 15.3 Å². The number of nitrogens with zero attached hydrogens (tertiary/aromatic N) is 4. The van der Waals surface area contributed by atoms with Gasteiger partial charge < -0.3 is 33.9 Å². The number of anilines is 1. The number of nitrogens with one attached hydrogen (secondary N) is 1. The number of para-hydroxylation sites is 1. The Morgan fingerprint density at radius 2 is 1.78 bits per heavy atom. The van der Waals surface area contributed by atoms with Crippen molar-refractivity contribution in [3.05, 3.63) is 54.5 Å². The SMILES string of the molecule is CC(C)C(=O)O[C@H]1[C@H](c2ccc3c(N)ncnn23)O[C@]2(C#N)[C@@H](O[P@@](=O)(N[C@@H](C)C(=O)O[C@@H]3CCOC3)Oc3ccccc3)[C@]12OC(=O)C(C)C. The first-order chi connectivity index (χ1) is 24.2. The zero-order chi connectivity index (χ0) is 36.7. The summed E-state index contributed by atoms with van der Waals surface area (Å²) < 4.78 is 57.5. The first kappa shape index (κ1) is 36.2. The lowest BCUT2D eigenvalue weighted by Crippen LogP contribution is -2.45. The van der Waals surface area contributed by atoms with Gasteiger partial charge in [0.15, 0.2) is 18.0 Å². The maximum Gasteiger partial charge on any atom is 0.460 e. The lowest BCUT2D eigenvalue weighted by molar-refractivity contribution is -0.181. The standard InChI is InChI=1S/C33H39N6O11P/c1-18(2)28(40)46-26-25(23-11-12-24-27(35)36-17-37-39(23)24)47-32(16-34)31(33(26,32)48-29(41)19(3)4)50-51(43,49-21-9-7-6-8-10-21)38-20(5)30(42)45-22-13-14-44-15-22/h6-12,17-20,22,25-26,31H,13-15H2,1-5H3,(H,38,43)(H2,35,36,37)/t20-,22+,25-,26-,31+,32+,33+,51+/m0/s1. The summed E-state index contributed by atoms with van der Waals surface area (Å²) >= 11 is 0. The Balaban J connectivity index is 1.42. The van der Waals surface area contributed by atoms with Crippen LogP contribution in [0.3, 0.4) is 0 Å². The molecular weight excluding hydrogens is 687 g/mol. The predicted octanol–water partition coefficient (Wildman–Crippen LogP) is 3.05. The fraction of sp³-hybridized carbons (Fsp3) is 0.515. The Morgan fingerprint density at radius 1 is 1.06 bits per heavy atom. The van der Waals surface area contributed by atoms with Crippen LogP contribution in [0.15, 0.2) is 48.8 Å². The predicted molar refractivity (Wildman–Crippen MR) is 175 cm³/mol. The zero-order valence-corrected chi connectivity index (χ0v) is 29.5. The molecule has 8 atom stereocenters. The summed E-state index contributed by atoms with van der Waals surface area (Å²) in [6.45, 7) is 8.38. The minimum Gasteiger partial charge on any atom is -0.459 e. The lowest BCUT2D eigenvalue weighted by Gasteiger charge is -2.30. The van der Waals surface area contributed by atoms with Crippen molar-refractivity contribution in [2.45, 2.75) is 82.7 Å². The number of nitrogens with two attached hydrogens (primary N) is 1. The quantitative estimate of drug-likeness (QED) is 0.147. The third kappa shape index (κ3) is 6.54. The molecule has 2 saturated heterocycles. The molecule has 17 nitrogen and oxygen atoms in total. The molecule has 2 aliphatic heterocycles. The molecule has 1 aliphatic carbocycles. The molecule has 272 valence electrons. The van der Waals surface area contributed by atoms with Gasteiger partial charge in [0, 0.05) is 6.42 Å². The van der Waals surface area contributed by atoms with Gasteiger partial charge in [-0.25, -0.2) is 14.1 Å². The molecule has 1 saturated carbocycles. The fourth-order valence-corrected chi connectivity index (χ4v) is 7.74. The minimum atomic E-state index is -4.70. The Hall–Kier alpha value is -4.59. The highest BCUT2D eigenvalue weighted by atomic mass is 31.2. The molecule has 18 heteroatoms. The molecule has 3 N–H and O–H groups in total. The number of carbonyl (C=O) groups is 3. The highest BCUT2D eigenvalue weighted by Gasteiger charge is 2.95. The summed E-state index contributed by atoms with van der Waals surface area (Å²) in [6.07, 6.45) is -3.26. The Bertz CT molecular complexity index is 1890. The van der Waals surface area contributed by atoms with E-state index in [0.717, 1.165) is 0 Å². The number of esters is 3. The molecule has 2 aromatic heterocycles. The first-order valence-corrected chi connectivity index (χ1v) is 18.0. The molecule has 1 aromatic carbocycles. The van der Waals surface area contributed by atoms with E-state index in [1.165, 1.54) is 29.9 Å². The van der Waals surface area contributed by atoms with Crippen LogP contribution in [0.25, 0.3) is 5.52 Å². The van der Waals surface area contributed by atoms with E-state index < -0.39 is 79.2 Å². The summed E-state index contributed by atoms with van der Waals surface area (Å²) in [6, 6.07) is 12.0. The van der Waals surface area contributed by atoms with Crippen molar-refractivity contribution in [3.8, 4) is 11.8 Å². The van der Waals surface area contributed by atoms with Gasteiger partial charge in [-0.15, -0.1) is 0 Å². The van der Waals surface area contributed by atoms with Crippen molar-refractivity contribution in [1.29, 1.82) is 5.26 Å². The normalized spacial score (nSPS) is 28.4. The van der Waals surface area contributed by atoms with Gasteiger partial charge in [0.1, 0.15) is 41.9 Å². The van der Waals surface area contributed by atoms with Gasteiger partial charge in [-0.1, -0.05) is 45.9 Å². The van der Waals surface area contributed by atoms with Crippen molar-refractivity contribution < 1.29 is 51.7 Å². The van der Waals surface area contributed by atoms with Crippen LogP contribution in [0.5, 0.6) is 5.75 Å². The van der Waals surface area contributed by atoms with Crippen LogP contribution in [-0.4, -0.2) is 81.3 Å². The van der Waals surface area contributed by atoms with E-state index in [1.807, 2.05) is 0 Å². The summed E-state index contributed by atoms with van der Waals surface area (Å²) in [4.78, 5) is 43.8. The molecule has 0 amide bonds. The van der Waals surface area contributed by atoms with Gasteiger partial charge in [-0.2, -0.15) is 15.4 Å². The largest absolute Gasteiger partial charge is 0.460 e. The highest BCUT2D eigenvalue weighted by Crippen LogP contribution is 2.71. The Morgan fingerprint density at radius 3 is 2.43 bits per heavy atom. The number of hydrogen-bond donors (Lipinski definition) is 2. The maximum absolute atomic E-state index is 14.8. The topological polar surface area (TPSA) is 225 Å². The smallest absolute Gasteiger partial charge is 0.459 e. The van der Waals surface area contributed by atoms with E-state index in [2.05, 4.69) is 21.2 Å². The molecule has 0 bridgehead atoms. The van der Waals surface area contributed by atoms with Gasteiger partial charge in [0.05, 0.1) is 30.7 Å². The molecule has 4 heterocycles. The van der Waals surface area contributed by atoms with Gasteiger partial charge in [0.2, 0.25) is 11.2 Å². The molecule has 3 aliphatic rings. The molecule has 0 radical (unpaired) electrons. The van der Waals surface area contributed by atoms with Crippen LogP contribution in [0.1, 0.15) is 52.8 Å². The molecule has 3 fully saturated rings. The molecule has 6 rings (SSSR count). The Kier molecular flexibility index (Phi) is 9.83. The summed E-state index contributed by atoms with van der Waals surface area (Å²) in [5, 5.41) is 17.7. The third-order valence-electron chi connectivity index (χ3n) is 8.78. The van der Waals surface area contributed by atoms with E-state index in [-0.39, 0.29) is 23.9 Å². The molecule has 3 aromatic rings. The van der Waals surface area contributed by atoms with Crippen LogP contribution in [-0.2, 0) is 47.2 Å². The number of carbonyl (C=O) groups excluding carboxylic acids is 3. The Labute approximate surface area is 293 Å². The average Bonchev–Trinajstić information content (AvgIpc) is 3.61. The van der Waals surface area contributed by atoms with E-state index in [9.17, 15) is 24.2 Å². The average molecular weight is 727 g/mol. The maximum atomic E-state index is 14.8. The molecular formula is C33H39N6O11P. The number of aromatic nitrogens is 3. The van der Waals surface area contributed by atoms with E-state index in [4.69, 9.17) is 38.5 Å². The lowest BCUT2D eigenvalue weighted by atomic mass is 10.0. The van der Waals surface area contributed by atoms with Crippen molar-refractivity contribution >= 4 is 37.0 Å². The number of rotatable bonds is 13. The fourth-order valence-electron chi connectivity index (χ4n) is 6.02. The van der Waals surface area contributed by atoms with Crippen molar-refractivity contribution in [2.75, 3.05) is 18.9 Å². The van der Waals surface area contributed by atoms with Crippen LogP contribution in [0.4, 0.5) is 5.82 Å². The first-order valence-electron chi connectivity index (χ1n) is 16.4. The second-order valence-electron chi connectivity index (χ2n) is 13.1. The summed E-state index contributed by atoms with van der Waals surface area (Å²) in [7, 11) is -4.70. The number of benzene rings is 1. The van der Waals surface area contributed by atoms with Crippen LogP contribution in [0, 0.1) is 23.2 Å².